The summed E-state index contributed by atoms with van der Waals surface area (Å²) in [4.78, 5) is 17.8. The Morgan fingerprint density at radius 3 is 1.82 bits per heavy atom. The van der Waals surface area contributed by atoms with Gasteiger partial charge in [-0.05, 0) is 55.6 Å². The summed E-state index contributed by atoms with van der Waals surface area (Å²) < 4.78 is 10.7. The minimum Gasteiger partial charge on any atom is -0.497 e. The fourth-order valence-electron chi connectivity index (χ4n) is 4.01. The number of para-hydroxylation sites is 1. The summed E-state index contributed by atoms with van der Waals surface area (Å²) >= 11 is 0. The number of ether oxygens (including phenoxy) is 2. The van der Waals surface area contributed by atoms with E-state index in [4.69, 9.17) is 9.47 Å². The molecule has 0 bridgehead atoms. The van der Waals surface area contributed by atoms with E-state index in [0.717, 1.165) is 51.6 Å². The molecule has 1 aliphatic rings. The summed E-state index contributed by atoms with van der Waals surface area (Å²) in [5.74, 6) is 1.58. The molecule has 6 heteroatoms. The van der Waals surface area contributed by atoms with Gasteiger partial charge in [0, 0.05) is 24.2 Å². The molecule has 0 aromatic heterocycles. The minimum atomic E-state index is 0. The van der Waals surface area contributed by atoms with E-state index in [1.807, 2.05) is 91.8 Å². The lowest BCUT2D eigenvalue weighted by Crippen LogP contribution is -2.33. The first-order valence-electron chi connectivity index (χ1n) is 10.6. The van der Waals surface area contributed by atoms with Gasteiger partial charge in [-0.25, -0.2) is 0 Å². The van der Waals surface area contributed by atoms with Crippen LogP contribution in [0.5, 0.6) is 11.5 Å². The Bertz CT molecular complexity index is 1090. The molecule has 0 atom stereocenters. The molecular weight excluding hydrogens is 436 g/mol. The van der Waals surface area contributed by atoms with Gasteiger partial charge in [0.2, 0.25) is 0 Å². The number of halogens is 1. The minimum absolute atomic E-state index is 0. The molecule has 172 valence electrons. The van der Waals surface area contributed by atoms with E-state index < -0.39 is 0 Å². The molecule has 1 aliphatic heterocycles. The van der Waals surface area contributed by atoms with Crippen molar-refractivity contribution in [1.82, 2.24) is 4.90 Å². The molecule has 33 heavy (non-hydrogen) atoms. The van der Waals surface area contributed by atoms with Gasteiger partial charge in [-0.1, -0.05) is 42.5 Å². The average molecular weight is 465 g/mol. The molecule has 0 unspecified atom stereocenters. The van der Waals surface area contributed by atoms with Crippen molar-refractivity contribution >= 4 is 35.1 Å². The van der Waals surface area contributed by atoms with E-state index in [-0.39, 0.29) is 18.3 Å². The van der Waals surface area contributed by atoms with E-state index in [2.05, 4.69) is 4.90 Å². The molecular formula is C27H29ClN2O3. The Labute approximate surface area is 201 Å². The van der Waals surface area contributed by atoms with Gasteiger partial charge in [0.15, 0.2) is 0 Å². The van der Waals surface area contributed by atoms with E-state index in [1.165, 1.54) is 0 Å². The van der Waals surface area contributed by atoms with E-state index in [0.29, 0.717) is 6.54 Å². The van der Waals surface area contributed by atoms with Crippen LogP contribution in [0.1, 0.15) is 16.7 Å². The zero-order valence-electron chi connectivity index (χ0n) is 19.4. The molecule has 0 spiro atoms. The SMILES string of the molecule is COc1ccc(C(=C2C(=O)N(CCN(C)C)c3ccccc32)c2ccc(OC)cc2)cc1.Cl. The molecule has 4 rings (SSSR count). The molecule has 0 fully saturated rings. The van der Waals surface area contributed by atoms with Crippen LogP contribution < -0.4 is 14.4 Å². The Kier molecular flexibility index (Phi) is 7.79. The summed E-state index contributed by atoms with van der Waals surface area (Å²) in [7, 11) is 7.33. The van der Waals surface area contributed by atoms with Crippen LogP contribution in [0.4, 0.5) is 5.69 Å². The fraction of sp³-hybridized carbons (Fsp3) is 0.222. The highest BCUT2D eigenvalue weighted by Crippen LogP contribution is 2.43. The maximum Gasteiger partial charge on any atom is 0.259 e. The molecule has 0 aliphatic carbocycles. The van der Waals surface area contributed by atoms with Crippen molar-refractivity contribution in [3.05, 3.63) is 89.5 Å². The predicted molar refractivity (Wildman–Crippen MR) is 137 cm³/mol. The highest BCUT2D eigenvalue weighted by molar-refractivity contribution is 6.38. The number of benzene rings is 3. The smallest absolute Gasteiger partial charge is 0.259 e. The normalized spacial score (nSPS) is 12.5. The monoisotopic (exact) mass is 464 g/mol. The molecule has 3 aromatic carbocycles. The van der Waals surface area contributed by atoms with Crippen LogP contribution in [0.2, 0.25) is 0 Å². The average Bonchev–Trinajstić information content (AvgIpc) is 3.10. The topological polar surface area (TPSA) is 42.0 Å². The lowest BCUT2D eigenvalue weighted by Gasteiger charge is -2.20. The number of likely N-dealkylation sites (N-methyl/N-ethyl adjacent to an activating group) is 1. The second-order valence-corrected chi connectivity index (χ2v) is 7.98. The van der Waals surface area contributed by atoms with E-state index in [1.54, 1.807) is 14.2 Å². The Balaban J connectivity index is 0.00000306. The van der Waals surface area contributed by atoms with Gasteiger partial charge in [0.25, 0.3) is 5.91 Å². The molecule has 0 radical (unpaired) electrons. The predicted octanol–water partition coefficient (Wildman–Crippen LogP) is 4.99. The molecule has 1 amide bonds. The van der Waals surface area contributed by atoms with Crippen molar-refractivity contribution in [3.63, 3.8) is 0 Å². The fourth-order valence-corrected chi connectivity index (χ4v) is 4.01. The van der Waals surface area contributed by atoms with Crippen molar-refractivity contribution in [3.8, 4) is 11.5 Å². The van der Waals surface area contributed by atoms with Gasteiger partial charge in [-0.3, -0.25) is 4.79 Å². The third-order valence-corrected chi connectivity index (χ3v) is 5.70. The van der Waals surface area contributed by atoms with Crippen LogP contribution >= 0.6 is 12.4 Å². The number of rotatable bonds is 7. The first-order valence-corrected chi connectivity index (χ1v) is 10.6. The lowest BCUT2D eigenvalue weighted by atomic mass is 9.90. The third kappa shape index (κ3) is 4.90. The second kappa shape index (κ2) is 10.6. The van der Waals surface area contributed by atoms with Crippen LogP contribution in [-0.2, 0) is 4.79 Å². The van der Waals surface area contributed by atoms with E-state index >= 15 is 0 Å². The molecule has 0 saturated carbocycles. The quantitative estimate of drug-likeness (QED) is 0.462. The number of nitrogens with zero attached hydrogens (tertiary/aromatic N) is 2. The number of amides is 1. The van der Waals surface area contributed by atoms with Crippen LogP contribution in [0, 0.1) is 0 Å². The number of carbonyl (C=O) groups is 1. The van der Waals surface area contributed by atoms with Crippen molar-refractivity contribution in [2.45, 2.75) is 0 Å². The highest BCUT2D eigenvalue weighted by atomic mass is 35.5. The summed E-state index contributed by atoms with van der Waals surface area (Å²) in [6, 6.07) is 23.7. The van der Waals surface area contributed by atoms with E-state index in [9.17, 15) is 4.79 Å². The Hall–Kier alpha value is -3.28. The van der Waals surface area contributed by atoms with Crippen molar-refractivity contribution in [1.29, 1.82) is 0 Å². The highest BCUT2D eigenvalue weighted by Gasteiger charge is 2.34. The third-order valence-electron chi connectivity index (χ3n) is 5.70. The molecule has 0 saturated heterocycles. The Morgan fingerprint density at radius 1 is 0.818 bits per heavy atom. The van der Waals surface area contributed by atoms with Gasteiger partial charge in [0.1, 0.15) is 11.5 Å². The van der Waals surface area contributed by atoms with Gasteiger partial charge in [0.05, 0.1) is 25.5 Å². The largest absolute Gasteiger partial charge is 0.497 e. The Morgan fingerprint density at radius 2 is 1.33 bits per heavy atom. The maximum atomic E-state index is 13.8. The summed E-state index contributed by atoms with van der Waals surface area (Å²) in [5.41, 5.74) is 5.45. The summed E-state index contributed by atoms with van der Waals surface area (Å²) in [5, 5.41) is 0. The van der Waals surface area contributed by atoms with Crippen LogP contribution in [0.3, 0.4) is 0 Å². The zero-order valence-corrected chi connectivity index (χ0v) is 20.2. The van der Waals surface area contributed by atoms with Crippen LogP contribution in [0.25, 0.3) is 11.1 Å². The van der Waals surface area contributed by atoms with Gasteiger partial charge in [-0.2, -0.15) is 0 Å². The van der Waals surface area contributed by atoms with Crippen LogP contribution in [0.15, 0.2) is 72.8 Å². The lowest BCUT2D eigenvalue weighted by molar-refractivity contribution is -0.113. The number of anilines is 1. The maximum absolute atomic E-state index is 13.8. The zero-order chi connectivity index (χ0) is 22.7. The number of carbonyl (C=O) groups excluding carboxylic acids is 1. The molecule has 1 heterocycles. The molecule has 3 aromatic rings. The number of hydrogen-bond acceptors (Lipinski definition) is 4. The van der Waals surface area contributed by atoms with Crippen LogP contribution in [-0.4, -0.2) is 52.2 Å². The number of fused-ring (bicyclic) bond motifs is 1. The summed E-state index contributed by atoms with van der Waals surface area (Å²) in [6.45, 7) is 1.42. The second-order valence-electron chi connectivity index (χ2n) is 7.98. The van der Waals surface area contributed by atoms with Gasteiger partial charge >= 0.3 is 0 Å². The van der Waals surface area contributed by atoms with Crippen molar-refractivity contribution < 1.29 is 14.3 Å². The number of methoxy groups -OCH3 is 2. The van der Waals surface area contributed by atoms with Gasteiger partial charge in [-0.15, -0.1) is 12.4 Å². The first-order chi connectivity index (χ1) is 15.5. The molecule has 5 nitrogen and oxygen atoms in total. The van der Waals surface area contributed by atoms with Crippen molar-refractivity contribution in [2.24, 2.45) is 0 Å². The number of hydrogen-bond donors (Lipinski definition) is 0. The van der Waals surface area contributed by atoms with Gasteiger partial charge < -0.3 is 19.3 Å². The first kappa shape index (κ1) is 24.4. The standard InChI is InChI=1S/C27H28N2O3.ClH/c1-28(2)17-18-29-24-8-6-5-7-23(24)26(27(29)30)25(19-9-13-21(31-3)14-10-19)20-11-15-22(32-4)16-12-20;/h5-16H,17-18H2,1-4H3;1H. The molecule has 0 N–H and O–H groups in total. The van der Waals surface area contributed by atoms with Crippen molar-refractivity contribution in [2.75, 3.05) is 46.3 Å². The summed E-state index contributed by atoms with van der Waals surface area (Å²) in [6.07, 6.45) is 0.